The highest BCUT2D eigenvalue weighted by Gasteiger charge is 2.17. The normalized spacial score (nSPS) is 11.9. The van der Waals surface area contributed by atoms with Gasteiger partial charge in [0, 0.05) is 28.2 Å². The Hall–Kier alpha value is -7.50. The number of fused-ring (bicyclic) bond motifs is 6. The Morgan fingerprint density at radius 1 is 0.418 bits per heavy atom. The van der Waals surface area contributed by atoms with Gasteiger partial charge in [0.25, 0.3) is 0 Å². The van der Waals surface area contributed by atoms with Crippen LogP contribution in [0.5, 0.6) is 0 Å². The van der Waals surface area contributed by atoms with Crippen molar-refractivity contribution in [3.8, 4) is 34.0 Å². The zero-order valence-electron chi connectivity index (χ0n) is 30.5. The summed E-state index contributed by atoms with van der Waals surface area (Å²) in [6.45, 7) is 0. The summed E-state index contributed by atoms with van der Waals surface area (Å²) in [5.41, 5.74) is 9.91. The first-order valence-corrected chi connectivity index (χ1v) is 18.3. The first-order chi connectivity index (χ1) is 27.6. The van der Waals surface area contributed by atoms with E-state index in [1.165, 1.54) is 21.5 Å². The molecule has 0 radical (unpaired) electrons. The summed E-state index contributed by atoms with van der Waals surface area (Å²) >= 11 is 0. The van der Waals surface area contributed by atoms with E-state index in [0.717, 1.165) is 72.3 Å². The maximum Gasteiger partial charge on any atom is 0.227 e. The number of benzene rings is 9. The Morgan fingerprint density at radius 3 is 1.65 bits per heavy atom. The summed E-state index contributed by atoms with van der Waals surface area (Å²) in [4.78, 5) is 11.6. The predicted molar refractivity (Wildman–Crippen MR) is 225 cm³/mol. The summed E-state index contributed by atoms with van der Waals surface area (Å²) in [5.74, 6) is 1.15. The van der Waals surface area contributed by atoms with E-state index in [4.69, 9.17) is 18.8 Å². The van der Waals surface area contributed by atoms with Gasteiger partial charge in [0.05, 0.1) is 1.37 Å². The Labute approximate surface area is 317 Å². The largest absolute Gasteiger partial charge is 0.436 e. The molecular formula is C50H31N3O2. The summed E-state index contributed by atoms with van der Waals surface area (Å²) < 4.78 is 21.5. The summed E-state index contributed by atoms with van der Waals surface area (Å²) in [5, 5.41) is 6.67. The van der Waals surface area contributed by atoms with Crippen molar-refractivity contribution in [3.63, 3.8) is 0 Å². The minimum atomic E-state index is 0.467. The minimum Gasteiger partial charge on any atom is -0.436 e. The molecule has 0 atom stereocenters. The van der Waals surface area contributed by atoms with Gasteiger partial charge in [0.15, 0.2) is 11.2 Å². The highest BCUT2D eigenvalue weighted by atomic mass is 16.4. The fourth-order valence-corrected chi connectivity index (χ4v) is 7.70. The molecule has 9 aromatic carbocycles. The maximum absolute atomic E-state index is 9.36. The predicted octanol–water partition coefficient (Wildman–Crippen LogP) is 13.9. The zero-order chi connectivity index (χ0) is 37.2. The van der Waals surface area contributed by atoms with Crippen LogP contribution in [0.3, 0.4) is 0 Å². The van der Waals surface area contributed by atoms with E-state index >= 15 is 0 Å². The fourth-order valence-electron chi connectivity index (χ4n) is 7.70. The molecule has 5 nitrogen and oxygen atoms in total. The van der Waals surface area contributed by atoms with E-state index in [1.54, 1.807) is 0 Å². The molecule has 0 aliphatic carbocycles. The van der Waals surface area contributed by atoms with Gasteiger partial charge in [-0.3, -0.25) is 0 Å². The van der Waals surface area contributed by atoms with Gasteiger partial charge in [-0.05, 0) is 134 Å². The molecule has 0 N–H and O–H groups in total. The second-order valence-corrected chi connectivity index (χ2v) is 13.8. The van der Waals surface area contributed by atoms with Crippen molar-refractivity contribution in [3.05, 3.63) is 188 Å². The van der Waals surface area contributed by atoms with Crippen molar-refractivity contribution in [1.82, 2.24) is 9.97 Å². The minimum absolute atomic E-state index is 0.467. The van der Waals surface area contributed by atoms with Crippen molar-refractivity contribution in [2.75, 3.05) is 4.90 Å². The van der Waals surface area contributed by atoms with Gasteiger partial charge in [-0.2, -0.15) is 0 Å². The smallest absolute Gasteiger partial charge is 0.227 e. The molecule has 5 heteroatoms. The molecule has 0 fully saturated rings. The van der Waals surface area contributed by atoms with Crippen molar-refractivity contribution in [1.29, 1.82) is 0 Å². The molecule has 0 unspecified atom stereocenters. The van der Waals surface area contributed by atoms with Crippen LogP contribution in [0.1, 0.15) is 1.37 Å². The van der Waals surface area contributed by atoms with E-state index in [1.807, 2.05) is 78.9 Å². The molecule has 55 heavy (non-hydrogen) atoms. The van der Waals surface area contributed by atoms with Gasteiger partial charge in [0.2, 0.25) is 11.8 Å². The lowest BCUT2D eigenvalue weighted by Crippen LogP contribution is -2.09. The van der Waals surface area contributed by atoms with Crippen molar-refractivity contribution in [2.24, 2.45) is 0 Å². The third kappa shape index (κ3) is 5.41. The molecule has 11 aromatic rings. The molecule has 0 spiro atoms. The number of anilines is 3. The van der Waals surface area contributed by atoms with Crippen LogP contribution in [0.4, 0.5) is 17.1 Å². The van der Waals surface area contributed by atoms with E-state index in [-0.39, 0.29) is 0 Å². The number of nitrogens with zero attached hydrogens (tertiary/aromatic N) is 3. The zero-order valence-corrected chi connectivity index (χ0v) is 29.5. The van der Waals surface area contributed by atoms with Gasteiger partial charge in [-0.15, -0.1) is 0 Å². The van der Waals surface area contributed by atoms with E-state index in [0.29, 0.717) is 17.8 Å². The Balaban J connectivity index is 1.02. The van der Waals surface area contributed by atoms with Crippen molar-refractivity contribution < 1.29 is 10.2 Å². The first-order valence-electron chi connectivity index (χ1n) is 18.8. The quantitative estimate of drug-likeness (QED) is 0.161. The number of rotatable bonds is 6. The number of hydrogen-bond donors (Lipinski definition) is 0. The SMILES string of the molecule is [2H]c1cc(-c2cccc3ccc4ccccc4c23)cc2ccc(N(c3ccc(-c4nc5ccccc5o4)cc3)c3ccc(-c4nc5ccccc5o4)cc3)cc12. The molecule has 0 aliphatic rings. The third-order valence-electron chi connectivity index (χ3n) is 10.4. The Bertz CT molecular complexity index is 3090. The van der Waals surface area contributed by atoms with Crippen molar-refractivity contribution in [2.45, 2.75) is 0 Å². The van der Waals surface area contributed by atoms with Crippen LogP contribution in [0, 0.1) is 0 Å². The first kappa shape index (κ1) is 30.0. The van der Waals surface area contributed by atoms with E-state index in [2.05, 4.69) is 108 Å². The highest BCUT2D eigenvalue weighted by molar-refractivity contribution is 6.14. The van der Waals surface area contributed by atoms with Gasteiger partial charge in [-0.1, -0.05) is 97.0 Å². The van der Waals surface area contributed by atoms with Crippen LogP contribution in [-0.4, -0.2) is 9.97 Å². The molecular weight excluding hydrogens is 675 g/mol. The van der Waals surface area contributed by atoms with E-state index in [9.17, 15) is 1.37 Å². The van der Waals surface area contributed by atoms with Crippen LogP contribution in [-0.2, 0) is 0 Å². The lowest BCUT2D eigenvalue weighted by Gasteiger charge is -2.26. The Morgan fingerprint density at radius 2 is 0.982 bits per heavy atom. The van der Waals surface area contributed by atoms with Crippen LogP contribution >= 0.6 is 0 Å². The summed E-state index contributed by atoms with van der Waals surface area (Å²) in [6, 6.07) is 62.4. The average Bonchev–Trinajstić information content (AvgIpc) is 3.89. The second-order valence-electron chi connectivity index (χ2n) is 13.8. The monoisotopic (exact) mass is 706 g/mol. The fraction of sp³-hybridized carbons (Fsp3) is 0. The number of aromatic nitrogens is 2. The van der Waals surface area contributed by atoms with Gasteiger partial charge in [0.1, 0.15) is 11.0 Å². The second kappa shape index (κ2) is 12.6. The molecule has 11 rings (SSSR count). The van der Waals surface area contributed by atoms with Crippen LogP contribution in [0.15, 0.2) is 197 Å². The van der Waals surface area contributed by atoms with Gasteiger partial charge in [-0.25, -0.2) is 9.97 Å². The van der Waals surface area contributed by atoms with Crippen LogP contribution in [0.2, 0.25) is 0 Å². The summed E-state index contributed by atoms with van der Waals surface area (Å²) in [7, 11) is 0. The maximum atomic E-state index is 9.36. The van der Waals surface area contributed by atoms with Crippen molar-refractivity contribution >= 4 is 71.6 Å². The number of oxazole rings is 2. The third-order valence-corrected chi connectivity index (χ3v) is 10.4. The van der Waals surface area contributed by atoms with E-state index < -0.39 is 0 Å². The molecule has 0 bridgehead atoms. The molecule has 258 valence electrons. The number of para-hydroxylation sites is 4. The van der Waals surface area contributed by atoms with Crippen LogP contribution in [0.25, 0.3) is 88.6 Å². The molecule has 0 saturated carbocycles. The van der Waals surface area contributed by atoms with Gasteiger partial charge < -0.3 is 13.7 Å². The summed E-state index contributed by atoms with van der Waals surface area (Å²) in [6.07, 6.45) is 0. The molecule has 2 aromatic heterocycles. The number of hydrogen-bond acceptors (Lipinski definition) is 5. The molecule has 0 aliphatic heterocycles. The van der Waals surface area contributed by atoms with Crippen LogP contribution < -0.4 is 4.90 Å². The standard InChI is InChI=1S/C50H31N3O2/c1-2-10-42-32(8-1)16-17-33-9-7-11-43(48(33)42)38-19-18-37-31-41(29-24-36(37)30-38)53(39-25-20-34(21-26-39)49-51-44-12-3-5-14-46(44)54-49)40-27-22-35(23-28-40)50-52-45-13-4-6-15-47(45)55-50/h1-31H/i18D. The average molecular weight is 707 g/mol. The Kier molecular flexibility index (Phi) is 6.86. The lowest BCUT2D eigenvalue weighted by atomic mass is 9.92. The topological polar surface area (TPSA) is 55.3 Å². The highest BCUT2D eigenvalue weighted by Crippen LogP contribution is 2.40. The molecule has 2 heterocycles. The molecule has 0 amide bonds. The molecule has 0 saturated heterocycles. The van der Waals surface area contributed by atoms with Gasteiger partial charge >= 0.3 is 0 Å². The lowest BCUT2D eigenvalue weighted by molar-refractivity contribution is 0.619.